The molecular weight excluding hydrogens is 558 g/mol. The smallest absolute Gasteiger partial charge is 0.161 e. The molecule has 2 aromatic heterocycles. The van der Waals surface area contributed by atoms with E-state index in [9.17, 15) is 0 Å². The van der Waals surface area contributed by atoms with E-state index in [-0.39, 0.29) is 0 Å². The second kappa shape index (κ2) is 10.8. The maximum Gasteiger partial charge on any atom is 0.161 e. The Morgan fingerprint density at radius 3 is 1.70 bits per heavy atom. The van der Waals surface area contributed by atoms with Crippen molar-refractivity contribution in [1.29, 1.82) is 0 Å². The lowest BCUT2D eigenvalue weighted by atomic mass is 9.91. The normalized spacial score (nSPS) is 11.5. The second-order valence-electron chi connectivity index (χ2n) is 11.7. The molecule has 3 nitrogen and oxygen atoms in total. The fourth-order valence-corrected chi connectivity index (χ4v) is 6.66. The predicted molar refractivity (Wildman–Crippen MR) is 191 cm³/mol. The van der Waals surface area contributed by atoms with Gasteiger partial charge in [0.15, 0.2) is 5.82 Å². The minimum Gasteiger partial charge on any atom is -0.265 e. The highest BCUT2D eigenvalue weighted by Gasteiger charge is 2.16. The van der Waals surface area contributed by atoms with Gasteiger partial charge in [0, 0.05) is 29.1 Å². The summed E-state index contributed by atoms with van der Waals surface area (Å²) >= 11 is 0. The fraction of sp³-hybridized carbons (Fsp3) is 0. The summed E-state index contributed by atoms with van der Waals surface area (Å²) in [5.41, 5.74) is 9.51. The average molecular weight is 586 g/mol. The highest BCUT2D eigenvalue weighted by Crippen LogP contribution is 2.39. The average Bonchev–Trinajstić information content (AvgIpc) is 3.14. The first kappa shape index (κ1) is 26.2. The monoisotopic (exact) mass is 585 g/mol. The Bertz CT molecular complexity index is 2490. The summed E-state index contributed by atoms with van der Waals surface area (Å²) in [5, 5.41) is 7.43. The van der Waals surface area contributed by atoms with Gasteiger partial charge in [0.25, 0.3) is 0 Å². The first-order valence-corrected chi connectivity index (χ1v) is 15.5. The van der Waals surface area contributed by atoms with Crippen LogP contribution in [0.15, 0.2) is 164 Å². The van der Waals surface area contributed by atoms with Gasteiger partial charge >= 0.3 is 0 Å². The van der Waals surface area contributed by atoms with Crippen LogP contribution in [0.1, 0.15) is 0 Å². The van der Waals surface area contributed by atoms with E-state index in [0.29, 0.717) is 5.82 Å². The van der Waals surface area contributed by atoms with E-state index in [2.05, 4.69) is 138 Å². The Hall–Kier alpha value is -6.19. The lowest BCUT2D eigenvalue weighted by molar-refractivity contribution is 1.19. The Morgan fingerprint density at radius 2 is 0.913 bits per heavy atom. The first-order valence-electron chi connectivity index (χ1n) is 15.5. The van der Waals surface area contributed by atoms with Crippen molar-refractivity contribution in [2.75, 3.05) is 0 Å². The molecule has 0 spiro atoms. The van der Waals surface area contributed by atoms with Gasteiger partial charge in [-0.2, -0.15) is 0 Å². The zero-order valence-corrected chi connectivity index (χ0v) is 24.9. The minimum absolute atomic E-state index is 0.716. The number of rotatable bonds is 5. The van der Waals surface area contributed by atoms with Crippen LogP contribution in [-0.4, -0.2) is 15.0 Å². The van der Waals surface area contributed by atoms with Crippen LogP contribution in [0.4, 0.5) is 0 Å². The van der Waals surface area contributed by atoms with E-state index >= 15 is 0 Å². The Labute approximate surface area is 266 Å². The number of aromatic nitrogens is 3. The molecule has 9 aromatic rings. The molecule has 3 heteroatoms. The third kappa shape index (κ3) is 4.49. The highest BCUT2D eigenvalue weighted by atomic mass is 14.9. The summed E-state index contributed by atoms with van der Waals surface area (Å²) in [6.07, 6.45) is 3.65. The second-order valence-corrected chi connectivity index (χ2v) is 11.7. The van der Waals surface area contributed by atoms with Gasteiger partial charge in [-0.1, -0.05) is 121 Å². The molecule has 0 aliphatic rings. The summed E-state index contributed by atoms with van der Waals surface area (Å²) in [6.45, 7) is 0. The molecule has 0 saturated carbocycles. The molecular formula is C43H27N3. The summed E-state index contributed by atoms with van der Waals surface area (Å²) in [5.74, 6) is 0.716. The van der Waals surface area contributed by atoms with Crippen LogP contribution < -0.4 is 0 Å². The molecule has 0 unspecified atom stereocenters. The van der Waals surface area contributed by atoms with Crippen LogP contribution in [-0.2, 0) is 0 Å². The molecule has 7 aromatic carbocycles. The molecule has 0 amide bonds. The molecule has 0 saturated heterocycles. The van der Waals surface area contributed by atoms with Gasteiger partial charge in [0.2, 0.25) is 0 Å². The van der Waals surface area contributed by atoms with Gasteiger partial charge in [-0.3, -0.25) is 4.98 Å². The molecule has 2 heterocycles. The summed E-state index contributed by atoms with van der Waals surface area (Å²) in [7, 11) is 0. The predicted octanol–water partition coefficient (Wildman–Crippen LogP) is 11.1. The SMILES string of the molecule is c1ccc(-c2cccc(-c3cc(-c4ccc(-c5ccncc5)cc4)nc(-c4ccc5ccc6cccc7ccc4c5c67)n3)c2)cc1. The lowest BCUT2D eigenvalue weighted by Gasteiger charge is -2.15. The van der Waals surface area contributed by atoms with Crippen molar-refractivity contribution in [1.82, 2.24) is 15.0 Å². The largest absolute Gasteiger partial charge is 0.265 e. The number of pyridine rings is 1. The molecule has 0 aliphatic carbocycles. The van der Waals surface area contributed by atoms with Crippen molar-refractivity contribution < 1.29 is 0 Å². The molecule has 214 valence electrons. The van der Waals surface area contributed by atoms with Crippen molar-refractivity contribution in [2.45, 2.75) is 0 Å². The Balaban J connectivity index is 1.25. The topological polar surface area (TPSA) is 38.7 Å². The fourth-order valence-electron chi connectivity index (χ4n) is 6.66. The van der Waals surface area contributed by atoms with E-state index in [1.807, 2.05) is 30.6 Å². The zero-order chi connectivity index (χ0) is 30.5. The van der Waals surface area contributed by atoms with Crippen molar-refractivity contribution in [3.05, 3.63) is 164 Å². The molecule has 9 rings (SSSR count). The molecule has 0 radical (unpaired) electrons. The van der Waals surface area contributed by atoms with Gasteiger partial charge < -0.3 is 0 Å². The number of benzene rings is 7. The molecule has 0 fully saturated rings. The lowest BCUT2D eigenvalue weighted by Crippen LogP contribution is -1.97. The summed E-state index contributed by atoms with van der Waals surface area (Å²) in [6, 6.07) is 53.7. The van der Waals surface area contributed by atoms with Crippen LogP contribution in [0.3, 0.4) is 0 Å². The van der Waals surface area contributed by atoms with Gasteiger partial charge in [0.05, 0.1) is 11.4 Å². The van der Waals surface area contributed by atoms with Crippen molar-refractivity contribution in [2.24, 2.45) is 0 Å². The van der Waals surface area contributed by atoms with Crippen LogP contribution in [0.5, 0.6) is 0 Å². The van der Waals surface area contributed by atoms with Gasteiger partial charge in [-0.25, -0.2) is 9.97 Å². The van der Waals surface area contributed by atoms with Crippen molar-refractivity contribution in [3.8, 4) is 56.2 Å². The number of hydrogen-bond acceptors (Lipinski definition) is 3. The maximum absolute atomic E-state index is 5.26. The van der Waals surface area contributed by atoms with E-state index in [1.54, 1.807) is 0 Å². The highest BCUT2D eigenvalue weighted by molar-refractivity contribution is 6.25. The standard InChI is InChI=1S/C43H27N3/c1-2-6-28(7-3-1)35-10-5-11-36(26-35)40-27-39(31-14-12-29(13-15-31)30-22-24-44-25-23-30)45-43(46-40)38-21-19-34-17-16-32-8-4-9-33-18-20-37(38)42(34)41(32)33/h1-27H. The molecule has 0 bridgehead atoms. The van der Waals surface area contributed by atoms with Gasteiger partial charge in [-0.05, 0) is 84.9 Å². The third-order valence-electron chi connectivity index (χ3n) is 8.96. The minimum atomic E-state index is 0.716. The van der Waals surface area contributed by atoms with Crippen LogP contribution >= 0.6 is 0 Å². The number of nitrogens with zero attached hydrogens (tertiary/aromatic N) is 3. The van der Waals surface area contributed by atoms with E-state index in [0.717, 1.165) is 50.2 Å². The summed E-state index contributed by atoms with van der Waals surface area (Å²) in [4.78, 5) is 14.7. The van der Waals surface area contributed by atoms with Crippen molar-refractivity contribution >= 4 is 32.3 Å². The molecule has 46 heavy (non-hydrogen) atoms. The maximum atomic E-state index is 5.26. The van der Waals surface area contributed by atoms with Gasteiger partial charge in [0.1, 0.15) is 0 Å². The first-order chi connectivity index (χ1) is 22.8. The van der Waals surface area contributed by atoms with Crippen LogP contribution in [0, 0.1) is 0 Å². The Morgan fingerprint density at radius 1 is 0.348 bits per heavy atom. The molecule has 0 aliphatic heterocycles. The quantitative estimate of drug-likeness (QED) is 0.189. The summed E-state index contributed by atoms with van der Waals surface area (Å²) < 4.78 is 0. The molecule has 0 N–H and O–H groups in total. The Kier molecular flexibility index (Phi) is 6.14. The van der Waals surface area contributed by atoms with E-state index in [1.165, 1.54) is 32.5 Å². The third-order valence-corrected chi connectivity index (χ3v) is 8.96. The number of hydrogen-bond donors (Lipinski definition) is 0. The van der Waals surface area contributed by atoms with E-state index in [4.69, 9.17) is 9.97 Å². The van der Waals surface area contributed by atoms with Crippen LogP contribution in [0.25, 0.3) is 88.5 Å². The molecule has 0 atom stereocenters. The van der Waals surface area contributed by atoms with Gasteiger partial charge in [-0.15, -0.1) is 0 Å². The van der Waals surface area contributed by atoms with E-state index < -0.39 is 0 Å². The van der Waals surface area contributed by atoms with Crippen LogP contribution in [0.2, 0.25) is 0 Å². The zero-order valence-electron chi connectivity index (χ0n) is 24.9. The van der Waals surface area contributed by atoms with Crippen molar-refractivity contribution in [3.63, 3.8) is 0 Å².